The van der Waals surface area contributed by atoms with Crippen molar-refractivity contribution >= 4 is 31.6 Å². The minimum absolute atomic E-state index is 0.110. The van der Waals surface area contributed by atoms with Crippen LogP contribution in [0.4, 0.5) is 10.1 Å². The van der Waals surface area contributed by atoms with E-state index in [2.05, 4.69) is 27.6 Å². The number of benzene rings is 2. The van der Waals surface area contributed by atoms with Gasteiger partial charge in [-0.3, -0.25) is 4.72 Å². The van der Waals surface area contributed by atoms with Crippen LogP contribution in [0.25, 0.3) is 0 Å². The van der Waals surface area contributed by atoms with E-state index in [0.717, 1.165) is 24.5 Å². The lowest BCUT2D eigenvalue weighted by molar-refractivity contribution is 0.593. The maximum atomic E-state index is 13.4. The highest BCUT2D eigenvalue weighted by Crippen LogP contribution is 2.22. The van der Waals surface area contributed by atoms with Crippen LogP contribution < -0.4 is 4.72 Å². The summed E-state index contributed by atoms with van der Waals surface area (Å²) in [7, 11) is -3.79. The standard InChI is InChI=1S/C15H15BrFNO2S/c1-2-3-11-4-6-12(7-5-11)18-21(19,20)13-8-9-14(16)15(17)10-13/h4-10,18H,2-3H2,1H3. The van der Waals surface area contributed by atoms with E-state index in [0.29, 0.717) is 5.69 Å². The van der Waals surface area contributed by atoms with Crippen molar-refractivity contribution in [3.63, 3.8) is 0 Å². The lowest BCUT2D eigenvalue weighted by Gasteiger charge is -2.09. The Bertz CT molecular complexity index is 730. The summed E-state index contributed by atoms with van der Waals surface area (Å²) < 4.78 is 40.5. The third-order valence-corrected chi connectivity index (χ3v) is 4.97. The fraction of sp³-hybridized carbons (Fsp3) is 0.200. The summed E-state index contributed by atoms with van der Waals surface area (Å²) >= 11 is 3.00. The normalized spacial score (nSPS) is 11.4. The SMILES string of the molecule is CCCc1ccc(NS(=O)(=O)c2ccc(Br)c(F)c2)cc1. The molecule has 0 aliphatic rings. The van der Waals surface area contributed by atoms with Gasteiger partial charge in [0.1, 0.15) is 5.82 Å². The van der Waals surface area contributed by atoms with Gasteiger partial charge in [0, 0.05) is 5.69 Å². The van der Waals surface area contributed by atoms with E-state index in [4.69, 9.17) is 0 Å². The Morgan fingerprint density at radius 2 is 1.81 bits per heavy atom. The Hall–Kier alpha value is -1.40. The average Bonchev–Trinajstić information content (AvgIpc) is 2.44. The summed E-state index contributed by atoms with van der Waals surface area (Å²) in [5.41, 5.74) is 1.60. The molecule has 112 valence electrons. The van der Waals surface area contributed by atoms with Gasteiger partial charge in [-0.05, 0) is 58.2 Å². The van der Waals surface area contributed by atoms with E-state index in [-0.39, 0.29) is 9.37 Å². The first-order valence-electron chi connectivity index (χ1n) is 6.49. The Labute approximate surface area is 132 Å². The molecule has 0 fully saturated rings. The second-order valence-corrected chi connectivity index (χ2v) is 7.17. The summed E-state index contributed by atoms with van der Waals surface area (Å²) in [5, 5.41) is 0. The maximum absolute atomic E-state index is 13.4. The molecular weight excluding hydrogens is 357 g/mol. The third kappa shape index (κ3) is 4.04. The van der Waals surface area contributed by atoms with Crippen molar-refractivity contribution in [3.05, 3.63) is 58.3 Å². The number of aryl methyl sites for hydroxylation is 1. The second kappa shape index (κ2) is 6.58. The zero-order valence-electron chi connectivity index (χ0n) is 11.4. The van der Waals surface area contributed by atoms with Crippen LogP contribution in [0.1, 0.15) is 18.9 Å². The van der Waals surface area contributed by atoms with Gasteiger partial charge in [-0.25, -0.2) is 12.8 Å². The van der Waals surface area contributed by atoms with Crippen molar-refractivity contribution in [2.45, 2.75) is 24.7 Å². The minimum Gasteiger partial charge on any atom is -0.280 e. The number of rotatable bonds is 5. The van der Waals surface area contributed by atoms with Crippen molar-refractivity contribution < 1.29 is 12.8 Å². The molecule has 6 heteroatoms. The summed E-state index contributed by atoms with van der Waals surface area (Å²) in [6.07, 6.45) is 1.98. The van der Waals surface area contributed by atoms with E-state index in [1.54, 1.807) is 12.1 Å². The summed E-state index contributed by atoms with van der Waals surface area (Å²) in [6.45, 7) is 2.08. The molecule has 3 nitrogen and oxygen atoms in total. The lowest BCUT2D eigenvalue weighted by atomic mass is 10.1. The fourth-order valence-electron chi connectivity index (χ4n) is 1.89. The van der Waals surface area contributed by atoms with Gasteiger partial charge in [0.2, 0.25) is 0 Å². The molecular formula is C15H15BrFNO2S. The first-order chi connectivity index (χ1) is 9.92. The molecule has 0 radical (unpaired) electrons. The molecule has 0 saturated heterocycles. The van der Waals surface area contributed by atoms with Crippen LogP contribution in [-0.4, -0.2) is 8.42 Å². The van der Waals surface area contributed by atoms with Gasteiger partial charge < -0.3 is 0 Å². The van der Waals surface area contributed by atoms with Crippen molar-refractivity contribution in [1.82, 2.24) is 0 Å². The predicted molar refractivity (Wildman–Crippen MR) is 85.3 cm³/mol. The molecule has 0 saturated carbocycles. The molecule has 0 unspecified atom stereocenters. The van der Waals surface area contributed by atoms with Gasteiger partial charge in [-0.15, -0.1) is 0 Å². The van der Waals surface area contributed by atoms with Crippen LogP contribution in [0.3, 0.4) is 0 Å². The first kappa shape index (κ1) is 16.0. The Balaban J connectivity index is 2.22. The van der Waals surface area contributed by atoms with Crippen LogP contribution in [-0.2, 0) is 16.4 Å². The van der Waals surface area contributed by atoms with Gasteiger partial charge in [-0.1, -0.05) is 25.5 Å². The number of halogens is 2. The second-order valence-electron chi connectivity index (χ2n) is 4.63. The zero-order chi connectivity index (χ0) is 15.5. The first-order valence-corrected chi connectivity index (χ1v) is 8.77. The van der Waals surface area contributed by atoms with Crippen LogP contribution in [0.5, 0.6) is 0 Å². The van der Waals surface area contributed by atoms with Crippen molar-refractivity contribution in [3.8, 4) is 0 Å². The molecule has 0 atom stereocenters. The third-order valence-electron chi connectivity index (χ3n) is 2.95. The van der Waals surface area contributed by atoms with Crippen LogP contribution in [0.2, 0.25) is 0 Å². The number of nitrogens with one attached hydrogen (secondary N) is 1. The highest BCUT2D eigenvalue weighted by molar-refractivity contribution is 9.10. The van der Waals surface area contributed by atoms with Gasteiger partial charge in [0.15, 0.2) is 0 Å². The summed E-state index contributed by atoms with van der Waals surface area (Å²) in [6, 6.07) is 10.9. The molecule has 0 spiro atoms. The monoisotopic (exact) mass is 371 g/mol. The zero-order valence-corrected chi connectivity index (χ0v) is 13.8. The van der Waals surface area contributed by atoms with Crippen molar-refractivity contribution in [1.29, 1.82) is 0 Å². The topological polar surface area (TPSA) is 46.2 Å². The summed E-state index contributed by atoms with van der Waals surface area (Å²) in [5.74, 6) is -0.615. The largest absolute Gasteiger partial charge is 0.280 e. The quantitative estimate of drug-likeness (QED) is 0.849. The minimum atomic E-state index is -3.79. The molecule has 21 heavy (non-hydrogen) atoms. The molecule has 0 aliphatic heterocycles. The van der Waals surface area contributed by atoms with Crippen LogP contribution in [0, 0.1) is 5.82 Å². The Morgan fingerprint density at radius 3 is 2.38 bits per heavy atom. The molecule has 1 N–H and O–H groups in total. The van der Waals surface area contributed by atoms with E-state index in [9.17, 15) is 12.8 Å². The lowest BCUT2D eigenvalue weighted by Crippen LogP contribution is -2.13. The average molecular weight is 372 g/mol. The molecule has 2 rings (SSSR count). The molecule has 0 bridgehead atoms. The van der Waals surface area contributed by atoms with Crippen molar-refractivity contribution in [2.75, 3.05) is 4.72 Å². The number of hydrogen-bond acceptors (Lipinski definition) is 2. The van der Waals surface area contributed by atoms with Gasteiger partial charge in [-0.2, -0.15) is 0 Å². The summed E-state index contributed by atoms with van der Waals surface area (Å²) in [4.78, 5) is -0.110. The van der Waals surface area contributed by atoms with Gasteiger partial charge >= 0.3 is 0 Å². The molecule has 2 aromatic rings. The van der Waals surface area contributed by atoms with Gasteiger partial charge in [0.25, 0.3) is 10.0 Å². The van der Waals surface area contributed by atoms with Gasteiger partial charge in [0.05, 0.1) is 9.37 Å². The van der Waals surface area contributed by atoms with E-state index >= 15 is 0 Å². The maximum Gasteiger partial charge on any atom is 0.261 e. The Morgan fingerprint density at radius 1 is 1.14 bits per heavy atom. The molecule has 0 aliphatic carbocycles. The highest BCUT2D eigenvalue weighted by atomic mass is 79.9. The highest BCUT2D eigenvalue weighted by Gasteiger charge is 2.16. The smallest absolute Gasteiger partial charge is 0.261 e. The molecule has 0 amide bonds. The number of sulfonamides is 1. The fourth-order valence-corrected chi connectivity index (χ4v) is 3.20. The van der Waals surface area contributed by atoms with Crippen LogP contribution in [0.15, 0.2) is 51.8 Å². The van der Waals surface area contributed by atoms with E-state index < -0.39 is 15.8 Å². The molecule has 0 heterocycles. The number of hydrogen-bond donors (Lipinski definition) is 1. The number of anilines is 1. The molecule has 0 aromatic heterocycles. The van der Waals surface area contributed by atoms with E-state index in [1.165, 1.54) is 12.1 Å². The van der Waals surface area contributed by atoms with Crippen molar-refractivity contribution in [2.24, 2.45) is 0 Å². The van der Waals surface area contributed by atoms with E-state index in [1.807, 2.05) is 12.1 Å². The predicted octanol–water partition coefficient (Wildman–Crippen LogP) is 4.34. The Kier molecular flexibility index (Phi) is 5.00. The molecule has 2 aromatic carbocycles. The van der Waals surface area contributed by atoms with Crippen LogP contribution >= 0.6 is 15.9 Å².